The van der Waals surface area contributed by atoms with E-state index in [9.17, 15) is 13.2 Å². The van der Waals surface area contributed by atoms with Crippen LogP contribution in [0, 0.1) is 12.8 Å². The molecule has 1 aromatic heterocycles. The first-order chi connectivity index (χ1) is 11.2. The van der Waals surface area contributed by atoms with Gasteiger partial charge in [-0.3, -0.25) is 14.4 Å². The van der Waals surface area contributed by atoms with Crippen LogP contribution in [0.2, 0.25) is 0 Å². The number of sulfone groups is 1. The first-order valence-corrected chi connectivity index (χ1v) is 10.1. The summed E-state index contributed by atoms with van der Waals surface area (Å²) in [5.41, 5.74) is 0. The van der Waals surface area contributed by atoms with Crippen molar-refractivity contribution in [2.45, 2.75) is 39.4 Å². The first kappa shape index (κ1) is 17.3. The fraction of sp³-hybridized carbons (Fsp3) is 0.800. The summed E-state index contributed by atoms with van der Waals surface area (Å²) < 4.78 is 26.1. The van der Waals surface area contributed by atoms with Gasteiger partial charge in [-0.25, -0.2) is 13.4 Å². The van der Waals surface area contributed by atoms with Gasteiger partial charge in [0.2, 0.25) is 5.91 Å². The molecule has 2 aliphatic heterocycles. The standard InChI is InChI=1S/C15H25N5O3S/c1-10(2)15(21)20-6-5-19(7-14-16-11(3)17-18(14)4)12-8-24(22,23)9-13(12)20/h10,12-13H,5-9H2,1-4H3/t12-,13+/m0/s1. The average molecular weight is 355 g/mol. The number of hydrogen-bond donors (Lipinski definition) is 0. The second-order valence-corrected chi connectivity index (χ2v) is 9.22. The molecule has 0 aromatic carbocycles. The first-order valence-electron chi connectivity index (χ1n) is 8.29. The maximum absolute atomic E-state index is 12.5. The number of carbonyl (C=O) groups is 1. The number of fused-ring (bicyclic) bond motifs is 1. The molecule has 24 heavy (non-hydrogen) atoms. The van der Waals surface area contributed by atoms with Crippen molar-refractivity contribution >= 4 is 15.7 Å². The highest BCUT2D eigenvalue weighted by Gasteiger charge is 2.48. The largest absolute Gasteiger partial charge is 0.336 e. The van der Waals surface area contributed by atoms with Crippen LogP contribution in [0.15, 0.2) is 0 Å². The summed E-state index contributed by atoms with van der Waals surface area (Å²) in [6, 6.07) is -0.420. The number of carbonyl (C=O) groups excluding carboxylic acids is 1. The molecule has 0 N–H and O–H groups in total. The zero-order valence-electron chi connectivity index (χ0n) is 14.6. The van der Waals surface area contributed by atoms with E-state index in [0.717, 1.165) is 5.82 Å². The van der Waals surface area contributed by atoms with Crippen LogP contribution in [0.25, 0.3) is 0 Å². The van der Waals surface area contributed by atoms with Gasteiger partial charge in [-0.2, -0.15) is 5.10 Å². The van der Waals surface area contributed by atoms with Crippen molar-refractivity contribution in [1.82, 2.24) is 24.6 Å². The van der Waals surface area contributed by atoms with E-state index in [4.69, 9.17) is 0 Å². The minimum atomic E-state index is -3.13. The summed E-state index contributed by atoms with van der Waals surface area (Å²) in [6.45, 7) is 7.32. The third kappa shape index (κ3) is 3.19. The van der Waals surface area contributed by atoms with Gasteiger partial charge in [0.1, 0.15) is 11.6 Å². The number of rotatable bonds is 3. The maximum atomic E-state index is 12.5. The molecule has 2 fully saturated rings. The zero-order valence-corrected chi connectivity index (χ0v) is 15.5. The minimum absolute atomic E-state index is 0.0382. The van der Waals surface area contributed by atoms with E-state index in [1.807, 2.05) is 27.8 Å². The van der Waals surface area contributed by atoms with Crippen molar-refractivity contribution < 1.29 is 13.2 Å². The summed E-state index contributed by atoms with van der Waals surface area (Å²) in [7, 11) is -1.29. The smallest absolute Gasteiger partial charge is 0.225 e. The third-order valence-corrected chi connectivity index (χ3v) is 6.57. The lowest BCUT2D eigenvalue weighted by Crippen LogP contribution is -2.61. The molecule has 1 aromatic rings. The van der Waals surface area contributed by atoms with E-state index in [2.05, 4.69) is 15.0 Å². The van der Waals surface area contributed by atoms with Gasteiger partial charge in [0, 0.05) is 32.1 Å². The Balaban J connectivity index is 1.84. The lowest BCUT2D eigenvalue weighted by Gasteiger charge is -2.44. The van der Waals surface area contributed by atoms with Crippen LogP contribution in [0.3, 0.4) is 0 Å². The molecule has 3 heterocycles. The number of aromatic nitrogens is 3. The fourth-order valence-corrected chi connectivity index (χ4v) is 5.71. The molecule has 8 nitrogen and oxygen atoms in total. The van der Waals surface area contributed by atoms with Crippen LogP contribution < -0.4 is 0 Å². The molecule has 0 saturated carbocycles. The Morgan fingerprint density at radius 2 is 1.92 bits per heavy atom. The quantitative estimate of drug-likeness (QED) is 0.732. The Morgan fingerprint density at radius 3 is 2.50 bits per heavy atom. The number of amides is 1. The van der Waals surface area contributed by atoms with Crippen molar-refractivity contribution in [3.05, 3.63) is 11.6 Å². The Bertz CT molecular complexity index is 742. The Labute approximate surface area is 142 Å². The zero-order chi connectivity index (χ0) is 17.6. The SMILES string of the molecule is Cc1nc(CN2CCN(C(=O)C(C)C)[C@@H]3CS(=O)(=O)C[C@@H]32)n(C)n1. The fourth-order valence-electron chi connectivity index (χ4n) is 3.70. The number of nitrogens with zero attached hydrogens (tertiary/aromatic N) is 5. The normalized spacial score (nSPS) is 26.8. The van der Waals surface area contributed by atoms with Gasteiger partial charge in [-0.1, -0.05) is 13.8 Å². The predicted molar refractivity (Wildman–Crippen MR) is 88.9 cm³/mol. The average Bonchev–Trinajstić information content (AvgIpc) is 2.96. The number of hydrogen-bond acceptors (Lipinski definition) is 6. The molecule has 0 spiro atoms. The number of piperazine rings is 1. The topological polar surface area (TPSA) is 88.4 Å². The molecule has 1 amide bonds. The van der Waals surface area contributed by atoms with Crippen LogP contribution in [-0.2, 0) is 28.2 Å². The van der Waals surface area contributed by atoms with E-state index in [1.54, 1.807) is 9.58 Å². The maximum Gasteiger partial charge on any atom is 0.225 e. The molecule has 9 heteroatoms. The molecule has 0 bridgehead atoms. The highest BCUT2D eigenvalue weighted by Crippen LogP contribution is 2.29. The Kier molecular flexibility index (Phi) is 4.41. The highest BCUT2D eigenvalue weighted by atomic mass is 32.2. The third-order valence-electron chi connectivity index (χ3n) is 4.87. The van der Waals surface area contributed by atoms with E-state index in [1.165, 1.54) is 0 Å². The second kappa shape index (κ2) is 6.11. The molecule has 134 valence electrons. The van der Waals surface area contributed by atoms with E-state index in [-0.39, 0.29) is 35.4 Å². The molecule has 0 unspecified atom stereocenters. The van der Waals surface area contributed by atoms with Crippen LogP contribution in [0.4, 0.5) is 0 Å². The lowest BCUT2D eigenvalue weighted by molar-refractivity contribution is -0.140. The molecule has 2 atom stereocenters. The van der Waals surface area contributed by atoms with E-state index >= 15 is 0 Å². The van der Waals surface area contributed by atoms with E-state index in [0.29, 0.717) is 25.5 Å². The summed E-state index contributed by atoms with van der Waals surface area (Å²) in [5, 5.41) is 4.25. The van der Waals surface area contributed by atoms with Crippen LogP contribution >= 0.6 is 0 Å². The molecule has 0 radical (unpaired) electrons. The Hall–Kier alpha value is -1.48. The van der Waals surface area contributed by atoms with Crippen molar-refractivity contribution in [2.24, 2.45) is 13.0 Å². The summed E-state index contributed by atoms with van der Waals surface area (Å²) in [6.07, 6.45) is 0. The van der Waals surface area contributed by atoms with Crippen molar-refractivity contribution in [1.29, 1.82) is 0 Å². The van der Waals surface area contributed by atoms with Gasteiger partial charge in [0.15, 0.2) is 9.84 Å². The molecule has 2 aliphatic rings. The van der Waals surface area contributed by atoms with Gasteiger partial charge in [-0.15, -0.1) is 0 Å². The van der Waals surface area contributed by atoms with Gasteiger partial charge in [0.25, 0.3) is 0 Å². The molecule has 0 aliphatic carbocycles. The van der Waals surface area contributed by atoms with Gasteiger partial charge in [0.05, 0.1) is 24.1 Å². The van der Waals surface area contributed by atoms with Gasteiger partial charge < -0.3 is 4.90 Å². The van der Waals surface area contributed by atoms with Crippen LogP contribution in [0.5, 0.6) is 0 Å². The predicted octanol–water partition coefficient (Wildman–Crippen LogP) is -0.411. The monoisotopic (exact) mass is 355 g/mol. The van der Waals surface area contributed by atoms with Crippen LogP contribution in [-0.4, -0.2) is 75.6 Å². The molecular weight excluding hydrogens is 330 g/mol. The van der Waals surface area contributed by atoms with Crippen molar-refractivity contribution in [3.8, 4) is 0 Å². The molecule has 3 rings (SSSR count). The van der Waals surface area contributed by atoms with Crippen molar-refractivity contribution in [2.75, 3.05) is 24.6 Å². The summed E-state index contributed by atoms with van der Waals surface area (Å²) >= 11 is 0. The summed E-state index contributed by atoms with van der Waals surface area (Å²) in [5.74, 6) is 1.61. The second-order valence-electron chi connectivity index (χ2n) is 7.07. The van der Waals surface area contributed by atoms with Gasteiger partial charge >= 0.3 is 0 Å². The number of aryl methyl sites for hydroxylation is 2. The summed E-state index contributed by atoms with van der Waals surface area (Å²) in [4.78, 5) is 20.8. The van der Waals surface area contributed by atoms with E-state index < -0.39 is 9.84 Å². The molecule has 2 saturated heterocycles. The van der Waals surface area contributed by atoms with Gasteiger partial charge in [-0.05, 0) is 6.92 Å². The molecular formula is C15H25N5O3S. The Morgan fingerprint density at radius 1 is 1.25 bits per heavy atom. The van der Waals surface area contributed by atoms with Crippen molar-refractivity contribution in [3.63, 3.8) is 0 Å². The highest BCUT2D eigenvalue weighted by molar-refractivity contribution is 7.91. The van der Waals surface area contributed by atoms with Crippen LogP contribution in [0.1, 0.15) is 25.5 Å². The lowest BCUT2D eigenvalue weighted by atomic mass is 10.0. The minimum Gasteiger partial charge on any atom is -0.336 e.